The lowest BCUT2D eigenvalue weighted by Crippen LogP contribution is -2.05. The second-order valence-electron chi connectivity index (χ2n) is 3.71. The molecule has 1 fully saturated rings. The first-order chi connectivity index (χ1) is 7.13. The molecule has 1 aliphatic rings. The summed E-state index contributed by atoms with van der Waals surface area (Å²) in [7, 11) is 1.36. The molecular weight excluding hydrogens is 307 g/mol. The molecule has 0 aromatic rings. The molecule has 0 N–H and O–H groups in total. The summed E-state index contributed by atoms with van der Waals surface area (Å²) in [6.45, 7) is 0. The van der Waals surface area contributed by atoms with Gasteiger partial charge in [-0.05, 0) is 51.9 Å². The van der Waals surface area contributed by atoms with Gasteiger partial charge in [-0.15, -0.1) is 0 Å². The normalized spacial score (nSPS) is 21.9. The Kier molecular flexibility index (Phi) is 5.28. The van der Waals surface area contributed by atoms with Crippen LogP contribution in [0.4, 0.5) is 0 Å². The Morgan fingerprint density at radius 3 is 2.93 bits per heavy atom. The molecule has 0 heterocycles. The minimum atomic E-state index is -0.322. The van der Waals surface area contributed by atoms with Gasteiger partial charge in [-0.3, -0.25) is 4.79 Å². The Morgan fingerprint density at radius 2 is 2.40 bits per heavy atom. The molecule has 15 heavy (non-hydrogen) atoms. The molecule has 1 atom stereocenters. The van der Waals surface area contributed by atoms with E-state index >= 15 is 0 Å². The lowest BCUT2D eigenvalue weighted by molar-refractivity contribution is -0.134. The van der Waals surface area contributed by atoms with Gasteiger partial charge in [-0.2, -0.15) is 0 Å². The molecule has 4 heteroatoms. The fourth-order valence-electron chi connectivity index (χ4n) is 1.76. The van der Waals surface area contributed by atoms with Crippen LogP contribution in [0.3, 0.4) is 0 Å². The number of Topliss-reactive ketones (excluding diaryl/α,β-unsaturated/α-hetero) is 1. The molecule has 0 aromatic heterocycles. The fraction of sp³-hybridized carbons (Fsp3) is 0.636. The van der Waals surface area contributed by atoms with Gasteiger partial charge in [0.15, 0.2) is 0 Å². The van der Waals surface area contributed by atoms with Crippen molar-refractivity contribution in [3.63, 3.8) is 0 Å². The molecule has 1 saturated carbocycles. The Bertz CT molecular complexity index is 284. The van der Waals surface area contributed by atoms with Crippen LogP contribution in [0.5, 0.6) is 0 Å². The van der Waals surface area contributed by atoms with E-state index in [2.05, 4.69) is 27.3 Å². The van der Waals surface area contributed by atoms with Crippen molar-refractivity contribution in [2.45, 2.75) is 32.1 Å². The maximum absolute atomic E-state index is 11.4. The molecule has 0 bridgehead atoms. The Morgan fingerprint density at radius 1 is 1.67 bits per heavy atom. The van der Waals surface area contributed by atoms with Crippen LogP contribution in [0, 0.1) is 5.92 Å². The van der Waals surface area contributed by atoms with Crippen LogP contribution in [0.15, 0.2) is 9.66 Å². The van der Waals surface area contributed by atoms with Gasteiger partial charge in [0.1, 0.15) is 5.78 Å². The number of methoxy groups -OCH3 is 1. The number of hydrogen-bond acceptors (Lipinski definition) is 3. The SMILES string of the molecule is COC(=O)/C=C(/I)CCC1CCCC1=O. The highest BCUT2D eigenvalue weighted by Crippen LogP contribution is 2.28. The van der Waals surface area contributed by atoms with Gasteiger partial charge in [0.25, 0.3) is 0 Å². The highest BCUT2D eigenvalue weighted by atomic mass is 127. The predicted molar refractivity (Wildman–Crippen MR) is 65.7 cm³/mol. The lowest BCUT2D eigenvalue weighted by Gasteiger charge is -2.06. The topological polar surface area (TPSA) is 43.4 Å². The molecular formula is C11H15IO3. The molecule has 0 aliphatic heterocycles. The van der Waals surface area contributed by atoms with Crippen molar-refractivity contribution in [1.82, 2.24) is 0 Å². The van der Waals surface area contributed by atoms with Crippen LogP contribution in [0.25, 0.3) is 0 Å². The Balaban J connectivity index is 2.33. The van der Waals surface area contributed by atoms with Crippen LogP contribution in [0.2, 0.25) is 0 Å². The zero-order chi connectivity index (χ0) is 11.3. The maximum Gasteiger partial charge on any atom is 0.331 e. The van der Waals surface area contributed by atoms with Crippen LogP contribution < -0.4 is 0 Å². The molecule has 1 rings (SSSR count). The predicted octanol–water partition coefficient (Wildman–Crippen LogP) is 2.63. The summed E-state index contributed by atoms with van der Waals surface area (Å²) < 4.78 is 5.48. The van der Waals surface area contributed by atoms with Crippen molar-refractivity contribution in [3.8, 4) is 0 Å². The van der Waals surface area contributed by atoms with E-state index in [1.807, 2.05) is 0 Å². The molecule has 1 aliphatic carbocycles. The van der Waals surface area contributed by atoms with Crippen LogP contribution in [0.1, 0.15) is 32.1 Å². The second-order valence-corrected chi connectivity index (χ2v) is 5.09. The summed E-state index contributed by atoms with van der Waals surface area (Å²) in [4.78, 5) is 22.3. The highest BCUT2D eigenvalue weighted by Gasteiger charge is 2.23. The third kappa shape index (κ3) is 4.32. The fourth-order valence-corrected chi connectivity index (χ4v) is 2.33. The highest BCUT2D eigenvalue weighted by molar-refractivity contribution is 14.1. The van der Waals surface area contributed by atoms with Crippen molar-refractivity contribution in [2.75, 3.05) is 7.11 Å². The third-order valence-electron chi connectivity index (χ3n) is 2.64. The smallest absolute Gasteiger partial charge is 0.331 e. The maximum atomic E-state index is 11.4. The average molecular weight is 322 g/mol. The van der Waals surface area contributed by atoms with Crippen LogP contribution >= 0.6 is 22.6 Å². The zero-order valence-electron chi connectivity index (χ0n) is 8.79. The number of rotatable bonds is 4. The summed E-state index contributed by atoms with van der Waals surface area (Å²) in [6.07, 6.45) is 5.93. The first-order valence-corrected chi connectivity index (χ1v) is 6.18. The van der Waals surface area contributed by atoms with Gasteiger partial charge in [0.2, 0.25) is 0 Å². The zero-order valence-corrected chi connectivity index (χ0v) is 11.0. The van der Waals surface area contributed by atoms with E-state index in [0.29, 0.717) is 5.78 Å². The minimum Gasteiger partial charge on any atom is -0.466 e. The molecule has 0 spiro atoms. The minimum absolute atomic E-state index is 0.223. The second kappa shape index (κ2) is 6.25. The number of ketones is 1. The first kappa shape index (κ1) is 12.7. The molecule has 3 nitrogen and oxygen atoms in total. The molecule has 1 unspecified atom stereocenters. The van der Waals surface area contributed by atoms with Gasteiger partial charge in [-0.25, -0.2) is 4.79 Å². The van der Waals surface area contributed by atoms with Gasteiger partial charge in [0, 0.05) is 18.4 Å². The number of allylic oxidation sites excluding steroid dienone is 1. The van der Waals surface area contributed by atoms with Crippen molar-refractivity contribution in [2.24, 2.45) is 5.92 Å². The lowest BCUT2D eigenvalue weighted by atomic mass is 10.0. The van der Waals surface area contributed by atoms with E-state index in [4.69, 9.17) is 0 Å². The van der Waals surface area contributed by atoms with Gasteiger partial charge >= 0.3 is 5.97 Å². The number of carbonyl (C=O) groups excluding carboxylic acids is 2. The molecule has 0 amide bonds. The summed E-state index contributed by atoms with van der Waals surface area (Å²) in [5.41, 5.74) is 0. The number of esters is 1. The van der Waals surface area contributed by atoms with Gasteiger partial charge in [-0.1, -0.05) is 0 Å². The van der Waals surface area contributed by atoms with E-state index in [-0.39, 0.29) is 11.9 Å². The largest absolute Gasteiger partial charge is 0.466 e. The van der Waals surface area contributed by atoms with Gasteiger partial charge in [0.05, 0.1) is 7.11 Å². The van der Waals surface area contributed by atoms with Crippen molar-refractivity contribution in [1.29, 1.82) is 0 Å². The number of carbonyl (C=O) groups is 2. The van der Waals surface area contributed by atoms with E-state index in [1.165, 1.54) is 13.2 Å². The van der Waals surface area contributed by atoms with Crippen LogP contribution in [-0.4, -0.2) is 18.9 Å². The number of halogens is 1. The third-order valence-corrected chi connectivity index (χ3v) is 3.49. The molecule has 84 valence electrons. The van der Waals surface area contributed by atoms with Crippen molar-refractivity contribution < 1.29 is 14.3 Å². The summed E-state index contributed by atoms with van der Waals surface area (Å²) >= 11 is 2.12. The Hall–Kier alpha value is -0.390. The number of ether oxygens (including phenoxy) is 1. The van der Waals surface area contributed by atoms with Crippen LogP contribution in [-0.2, 0) is 14.3 Å². The van der Waals surface area contributed by atoms with E-state index < -0.39 is 0 Å². The molecule has 0 saturated heterocycles. The molecule has 0 radical (unpaired) electrons. The van der Waals surface area contributed by atoms with E-state index in [1.54, 1.807) is 0 Å². The van der Waals surface area contributed by atoms with Gasteiger partial charge < -0.3 is 4.74 Å². The standard InChI is InChI=1S/C11H15IO3/c1-15-11(14)7-9(12)6-5-8-3-2-4-10(8)13/h7-8H,2-6H2,1H3/b9-7+. The molecule has 0 aromatic carbocycles. The van der Waals surface area contributed by atoms with E-state index in [0.717, 1.165) is 35.7 Å². The summed E-state index contributed by atoms with van der Waals surface area (Å²) in [5, 5.41) is 0. The van der Waals surface area contributed by atoms with E-state index in [9.17, 15) is 9.59 Å². The first-order valence-electron chi connectivity index (χ1n) is 5.10. The summed E-state index contributed by atoms with van der Waals surface area (Å²) in [5.74, 6) is 0.287. The quantitative estimate of drug-likeness (QED) is 0.454. The Labute approximate surface area is 103 Å². The number of hydrogen-bond donors (Lipinski definition) is 0. The van der Waals surface area contributed by atoms with Crippen molar-refractivity contribution in [3.05, 3.63) is 9.66 Å². The van der Waals surface area contributed by atoms with Crippen molar-refractivity contribution >= 4 is 34.3 Å². The average Bonchev–Trinajstić information content (AvgIpc) is 2.61. The summed E-state index contributed by atoms with van der Waals surface area (Å²) in [6, 6.07) is 0. The monoisotopic (exact) mass is 322 g/mol.